The van der Waals surface area contributed by atoms with E-state index in [1.165, 1.54) is 11.1 Å². The van der Waals surface area contributed by atoms with Crippen molar-refractivity contribution in [3.8, 4) is 5.75 Å². The van der Waals surface area contributed by atoms with Crippen LogP contribution in [0.1, 0.15) is 45.7 Å². The lowest BCUT2D eigenvalue weighted by Gasteiger charge is -2.25. The van der Waals surface area contributed by atoms with Gasteiger partial charge >= 0.3 is 0 Å². The fourth-order valence-corrected chi connectivity index (χ4v) is 2.36. The molecule has 0 saturated carbocycles. The molecule has 0 radical (unpaired) electrons. The van der Waals surface area contributed by atoms with E-state index < -0.39 is 0 Å². The van der Waals surface area contributed by atoms with E-state index in [2.05, 4.69) is 58.1 Å². The van der Waals surface area contributed by atoms with Crippen LogP contribution >= 0.6 is 0 Å². The van der Waals surface area contributed by atoms with Crippen LogP contribution in [0.5, 0.6) is 5.75 Å². The maximum absolute atomic E-state index is 6.09. The molecular formula is C18H31NO2. The van der Waals surface area contributed by atoms with Gasteiger partial charge in [0.25, 0.3) is 0 Å². The molecule has 0 aliphatic carbocycles. The summed E-state index contributed by atoms with van der Waals surface area (Å²) in [5.74, 6) is 0.985. The summed E-state index contributed by atoms with van der Waals surface area (Å²) in [6.07, 6.45) is 1.05. The summed E-state index contributed by atoms with van der Waals surface area (Å²) in [6, 6.07) is 6.76. The van der Waals surface area contributed by atoms with Gasteiger partial charge in [-0.1, -0.05) is 46.8 Å². The lowest BCUT2D eigenvalue weighted by atomic mass is 9.85. The Labute approximate surface area is 130 Å². The molecule has 0 aliphatic heterocycles. The number of benzene rings is 1. The molecule has 0 aliphatic rings. The van der Waals surface area contributed by atoms with Gasteiger partial charge in [-0.05, 0) is 35.6 Å². The lowest BCUT2D eigenvalue weighted by Crippen LogP contribution is -2.38. The predicted molar refractivity (Wildman–Crippen MR) is 89.4 cm³/mol. The highest BCUT2D eigenvalue weighted by Crippen LogP contribution is 2.32. The number of methoxy groups -OCH3 is 1. The highest BCUT2D eigenvalue weighted by Gasteiger charge is 2.20. The molecule has 0 spiro atoms. The summed E-state index contributed by atoms with van der Waals surface area (Å²) in [5.41, 5.74) is 2.71. The third-order valence-corrected chi connectivity index (χ3v) is 3.56. The van der Waals surface area contributed by atoms with Crippen LogP contribution in [0.3, 0.4) is 0 Å². The quantitative estimate of drug-likeness (QED) is 0.795. The fourth-order valence-electron chi connectivity index (χ4n) is 2.36. The van der Waals surface area contributed by atoms with E-state index in [-0.39, 0.29) is 11.5 Å². The van der Waals surface area contributed by atoms with Crippen LogP contribution in [-0.4, -0.2) is 32.9 Å². The van der Waals surface area contributed by atoms with E-state index in [1.807, 2.05) is 0 Å². The molecule has 0 fully saturated rings. The Hall–Kier alpha value is -1.06. The van der Waals surface area contributed by atoms with Crippen LogP contribution in [0.2, 0.25) is 0 Å². The number of aryl methyl sites for hydroxylation is 1. The molecule has 0 heterocycles. The van der Waals surface area contributed by atoms with Gasteiger partial charge in [0.15, 0.2) is 0 Å². The van der Waals surface area contributed by atoms with Crippen molar-refractivity contribution >= 4 is 0 Å². The van der Waals surface area contributed by atoms with Gasteiger partial charge < -0.3 is 14.8 Å². The SMILES string of the molecule is CCNC(COC)COc1ccc(CC)cc1C(C)(C)C. The van der Waals surface area contributed by atoms with Crippen LogP contribution in [0.4, 0.5) is 0 Å². The van der Waals surface area contributed by atoms with Crippen molar-refractivity contribution in [2.75, 3.05) is 26.9 Å². The van der Waals surface area contributed by atoms with Gasteiger partial charge in [0, 0.05) is 7.11 Å². The van der Waals surface area contributed by atoms with Crippen molar-refractivity contribution in [3.63, 3.8) is 0 Å². The number of hydrogen-bond donors (Lipinski definition) is 1. The minimum Gasteiger partial charge on any atom is -0.492 e. The molecule has 1 N–H and O–H groups in total. The molecule has 3 heteroatoms. The van der Waals surface area contributed by atoms with E-state index in [0.29, 0.717) is 13.2 Å². The Bertz CT molecular complexity index is 418. The van der Waals surface area contributed by atoms with Crippen molar-refractivity contribution < 1.29 is 9.47 Å². The summed E-state index contributed by atoms with van der Waals surface area (Å²) in [5, 5.41) is 3.38. The summed E-state index contributed by atoms with van der Waals surface area (Å²) in [4.78, 5) is 0. The normalized spacial score (nSPS) is 13.2. The smallest absolute Gasteiger partial charge is 0.123 e. The first-order valence-electron chi connectivity index (χ1n) is 7.90. The van der Waals surface area contributed by atoms with E-state index in [1.54, 1.807) is 7.11 Å². The van der Waals surface area contributed by atoms with E-state index in [4.69, 9.17) is 9.47 Å². The second-order valence-electron chi connectivity index (χ2n) is 6.46. The van der Waals surface area contributed by atoms with Crippen molar-refractivity contribution in [1.82, 2.24) is 5.32 Å². The molecule has 1 atom stereocenters. The molecule has 1 aromatic carbocycles. The van der Waals surface area contributed by atoms with Gasteiger partial charge in [-0.15, -0.1) is 0 Å². The van der Waals surface area contributed by atoms with Gasteiger partial charge in [-0.25, -0.2) is 0 Å². The molecule has 1 unspecified atom stereocenters. The van der Waals surface area contributed by atoms with Crippen molar-refractivity contribution in [3.05, 3.63) is 29.3 Å². The standard InChI is InChI=1S/C18H31NO2/c1-7-14-9-10-17(16(11-14)18(3,4)5)21-13-15(12-20-6)19-8-2/h9-11,15,19H,7-8,12-13H2,1-6H3. The first kappa shape index (κ1) is 18.0. The molecule has 3 nitrogen and oxygen atoms in total. The first-order valence-corrected chi connectivity index (χ1v) is 7.90. The Balaban J connectivity index is 2.86. The molecule has 0 bridgehead atoms. The number of nitrogens with one attached hydrogen (secondary N) is 1. The third kappa shape index (κ3) is 5.68. The number of likely N-dealkylation sites (N-methyl/N-ethyl adjacent to an activating group) is 1. The summed E-state index contributed by atoms with van der Waals surface area (Å²) < 4.78 is 11.3. The summed E-state index contributed by atoms with van der Waals surface area (Å²) >= 11 is 0. The van der Waals surface area contributed by atoms with Crippen LogP contribution < -0.4 is 10.1 Å². The molecule has 0 amide bonds. The highest BCUT2D eigenvalue weighted by molar-refractivity contribution is 5.41. The van der Waals surface area contributed by atoms with Crippen LogP contribution in [0, 0.1) is 0 Å². The second kappa shape index (κ2) is 8.40. The predicted octanol–water partition coefficient (Wildman–Crippen LogP) is 3.55. The third-order valence-electron chi connectivity index (χ3n) is 3.56. The Morgan fingerprint density at radius 2 is 1.86 bits per heavy atom. The van der Waals surface area contributed by atoms with Crippen LogP contribution in [-0.2, 0) is 16.6 Å². The van der Waals surface area contributed by atoms with Crippen molar-refractivity contribution in [2.24, 2.45) is 0 Å². The van der Waals surface area contributed by atoms with E-state index >= 15 is 0 Å². The van der Waals surface area contributed by atoms with Gasteiger partial charge in [-0.3, -0.25) is 0 Å². The monoisotopic (exact) mass is 293 g/mol. The molecule has 1 aromatic rings. The lowest BCUT2D eigenvalue weighted by molar-refractivity contribution is 0.136. The average Bonchev–Trinajstić information content (AvgIpc) is 2.44. The maximum Gasteiger partial charge on any atom is 0.123 e. The van der Waals surface area contributed by atoms with Gasteiger partial charge in [0.05, 0.1) is 12.6 Å². The fraction of sp³-hybridized carbons (Fsp3) is 0.667. The minimum absolute atomic E-state index is 0.0788. The second-order valence-corrected chi connectivity index (χ2v) is 6.46. The minimum atomic E-state index is 0.0788. The van der Waals surface area contributed by atoms with Gasteiger partial charge in [-0.2, -0.15) is 0 Å². The number of rotatable bonds is 8. The van der Waals surface area contributed by atoms with Gasteiger partial charge in [0.2, 0.25) is 0 Å². The summed E-state index contributed by atoms with van der Waals surface area (Å²) in [7, 11) is 1.72. The number of hydrogen-bond acceptors (Lipinski definition) is 3. The molecule has 21 heavy (non-hydrogen) atoms. The largest absolute Gasteiger partial charge is 0.492 e. The molecule has 0 aromatic heterocycles. The first-order chi connectivity index (χ1) is 9.92. The maximum atomic E-state index is 6.09. The number of ether oxygens (including phenoxy) is 2. The van der Waals surface area contributed by atoms with E-state index in [0.717, 1.165) is 18.7 Å². The van der Waals surface area contributed by atoms with Crippen LogP contribution in [0.25, 0.3) is 0 Å². The molecular weight excluding hydrogens is 262 g/mol. The molecule has 1 rings (SSSR count). The van der Waals surface area contributed by atoms with Crippen molar-refractivity contribution in [2.45, 2.75) is 52.5 Å². The molecule has 0 saturated heterocycles. The zero-order valence-electron chi connectivity index (χ0n) is 14.5. The highest BCUT2D eigenvalue weighted by atomic mass is 16.5. The van der Waals surface area contributed by atoms with E-state index in [9.17, 15) is 0 Å². The Kier molecular flexibility index (Phi) is 7.20. The Morgan fingerprint density at radius 3 is 2.38 bits per heavy atom. The summed E-state index contributed by atoms with van der Waals surface area (Å²) in [6.45, 7) is 13.2. The molecule has 120 valence electrons. The zero-order valence-corrected chi connectivity index (χ0v) is 14.5. The van der Waals surface area contributed by atoms with Gasteiger partial charge in [0.1, 0.15) is 12.4 Å². The van der Waals surface area contributed by atoms with Crippen molar-refractivity contribution in [1.29, 1.82) is 0 Å². The Morgan fingerprint density at radius 1 is 1.14 bits per heavy atom. The topological polar surface area (TPSA) is 30.5 Å². The van der Waals surface area contributed by atoms with Crippen LogP contribution in [0.15, 0.2) is 18.2 Å². The average molecular weight is 293 g/mol. The zero-order chi connectivity index (χ0) is 15.9.